The number of carbonyl (C=O) groups excluding carboxylic acids is 2. The van der Waals surface area contributed by atoms with Crippen molar-refractivity contribution in [2.24, 2.45) is 0 Å². The van der Waals surface area contributed by atoms with Crippen molar-refractivity contribution >= 4 is 23.4 Å². The smallest absolute Gasteiger partial charge is 0.272 e. The van der Waals surface area contributed by atoms with Gasteiger partial charge in [-0.2, -0.15) is 0 Å². The predicted octanol–water partition coefficient (Wildman–Crippen LogP) is 3.42. The number of benzene rings is 2. The topological polar surface area (TPSA) is 76.7 Å². The molecule has 0 radical (unpaired) electrons. The van der Waals surface area contributed by atoms with Crippen molar-refractivity contribution in [1.82, 2.24) is 10.9 Å². The van der Waals surface area contributed by atoms with E-state index in [1.165, 1.54) is 19.2 Å². The molecule has 2 aromatic rings. The molecule has 0 aliphatic carbocycles. The second kappa shape index (κ2) is 9.78. The summed E-state index contributed by atoms with van der Waals surface area (Å²) in [5.74, 6) is -0.912. The Labute approximate surface area is 161 Å². The van der Waals surface area contributed by atoms with Gasteiger partial charge in [0.05, 0.1) is 19.3 Å². The summed E-state index contributed by atoms with van der Waals surface area (Å²) in [7, 11) is 1.40. The summed E-state index contributed by atoms with van der Waals surface area (Å²) in [5.41, 5.74) is 5.13. The third kappa shape index (κ3) is 6.14. The average Bonchev–Trinajstić information content (AvgIpc) is 2.64. The van der Waals surface area contributed by atoms with Gasteiger partial charge >= 0.3 is 0 Å². The number of hydrogen-bond acceptors (Lipinski definition) is 4. The van der Waals surface area contributed by atoms with Crippen LogP contribution < -0.4 is 20.3 Å². The molecule has 0 aromatic heterocycles. The van der Waals surface area contributed by atoms with Crippen molar-refractivity contribution in [3.8, 4) is 11.5 Å². The highest BCUT2D eigenvalue weighted by atomic mass is 35.5. The van der Waals surface area contributed by atoms with Crippen molar-refractivity contribution in [3.05, 3.63) is 58.4 Å². The van der Waals surface area contributed by atoms with E-state index in [1.807, 2.05) is 6.92 Å². The summed E-state index contributed by atoms with van der Waals surface area (Å²) in [6.07, 6.45) is 0.582. The van der Waals surface area contributed by atoms with E-state index in [-0.39, 0.29) is 12.0 Å². The molecule has 6 nitrogen and oxygen atoms in total. The Bertz CT molecular complexity index is 829. The molecule has 0 atom stereocenters. The molecule has 0 fully saturated rings. The fraction of sp³-hybridized carbons (Fsp3) is 0.263. The maximum atomic E-state index is 13.8. The Morgan fingerprint density at radius 3 is 2.59 bits per heavy atom. The van der Waals surface area contributed by atoms with Gasteiger partial charge in [0, 0.05) is 17.5 Å². The fourth-order valence-corrected chi connectivity index (χ4v) is 2.48. The van der Waals surface area contributed by atoms with Crippen LogP contribution in [0.2, 0.25) is 5.02 Å². The first kappa shape index (κ1) is 20.5. The minimum Gasteiger partial charge on any atom is -0.497 e. The molecule has 2 N–H and O–H groups in total. The van der Waals surface area contributed by atoms with E-state index in [9.17, 15) is 14.0 Å². The van der Waals surface area contributed by atoms with Gasteiger partial charge in [0.2, 0.25) is 5.91 Å². The number of halogens is 2. The first-order valence-corrected chi connectivity index (χ1v) is 8.60. The third-order valence-electron chi connectivity index (χ3n) is 3.68. The molecule has 2 aromatic carbocycles. The SMILES string of the molecule is COc1ccc(C(=O)NNC(=O)CCCOc2ccc(Cl)cc2C)c(F)c1. The predicted molar refractivity (Wildman–Crippen MR) is 99.5 cm³/mol. The minimum atomic E-state index is -0.753. The number of aryl methyl sites for hydroxylation is 1. The minimum absolute atomic E-state index is 0.137. The zero-order chi connectivity index (χ0) is 19.8. The molecule has 27 heavy (non-hydrogen) atoms. The molecule has 0 unspecified atom stereocenters. The first-order chi connectivity index (χ1) is 12.9. The molecule has 2 rings (SSSR count). The lowest BCUT2D eigenvalue weighted by Crippen LogP contribution is -2.41. The van der Waals surface area contributed by atoms with Crippen LogP contribution in [0.25, 0.3) is 0 Å². The summed E-state index contributed by atoms with van der Waals surface area (Å²) in [5, 5.41) is 0.628. The monoisotopic (exact) mass is 394 g/mol. The van der Waals surface area contributed by atoms with Gasteiger partial charge in [0.25, 0.3) is 5.91 Å². The second-order valence-electron chi connectivity index (χ2n) is 5.71. The van der Waals surface area contributed by atoms with E-state index >= 15 is 0 Å². The molecule has 0 spiro atoms. The van der Waals surface area contributed by atoms with Crippen LogP contribution in [0.3, 0.4) is 0 Å². The van der Waals surface area contributed by atoms with Crippen LogP contribution in [0.5, 0.6) is 11.5 Å². The van der Waals surface area contributed by atoms with E-state index in [1.54, 1.807) is 18.2 Å². The lowest BCUT2D eigenvalue weighted by atomic mass is 10.2. The Balaban J connectivity index is 1.72. The number of nitrogens with one attached hydrogen (secondary N) is 2. The van der Waals surface area contributed by atoms with Crippen molar-refractivity contribution in [2.75, 3.05) is 13.7 Å². The van der Waals surface area contributed by atoms with Crippen LogP contribution in [-0.2, 0) is 4.79 Å². The van der Waals surface area contributed by atoms with Gasteiger partial charge < -0.3 is 9.47 Å². The molecule has 144 valence electrons. The van der Waals surface area contributed by atoms with E-state index in [4.69, 9.17) is 21.1 Å². The zero-order valence-electron chi connectivity index (χ0n) is 15.0. The maximum Gasteiger partial charge on any atom is 0.272 e. The zero-order valence-corrected chi connectivity index (χ0v) is 15.7. The molecule has 0 saturated carbocycles. The van der Waals surface area contributed by atoms with Crippen molar-refractivity contribution in [1.29, 1.82) is 0 Å². The van der Waals surface area contributed by atoms with E-state index in [2.05, 4.69) is 10.9 Å². The summed E-state index contributed by atoms with van der Waals surface area (Å²) < 4.78 is 24.3. The van der Waals surface area contributed by atoms with Crippen LogP contribution in [-0.4, -0.2) is 25.5 Å². The molecule has 2 amide bonds. The van der Waals surface area contributed by atoms with Gasteiger partial charge in [-0.1, -0.05) is 11.6 Å². The third-order valence-corrected chi connectivity index (χ3v) is 3.91. The fourth-order valence-electron chi connectivity index (χ4n) is 2.25. The molecular formula is C19H20ClFN2O4. The number of methoxy groups -OCH3 is 1. The van der Waals surface area contributed by atoms with Gasteiger partial charge in [-0.3, -0.25) is 20.4 Å². The molecule has 0 aliphatic rings. The number of hydrogen-bond donors (Lipinski definition) is 2. The normalized spacial score (nSPS) is 10.2. The van der Waals surface area contributed by atoms with E-state index in [0.717, 1.165) is 11.6 Å². The number of hydrazine groups is 1. The molecule has 0 heterocycles. The number of ether oxygens (including phenoxy) is 2. The largest absolute Gasteiger partial charge is 0.497 e. The summed E-state index contributed by atoms with van der Waals surface area (Å²) in [4.78, 5) is 23.7. The molecule has 0 saturated heterocycles. The van der Waals surface area contributed by atoms with Gasteiger partial charge in [0.1, 0.15) is 17.3 Å². The van der Waals surface area contributed by atoms with Crippen molar-refractivity contribution in [3.63, 3.8) is 0 Å². The molecular weight excluding hydrogens is 375 g/mol. The lowest BCUT2D eigenvalue weighted by molar-refractivity contribution is -0.122. The number of amides is 2. The Morgan fingerprint density at radius 2 is 1.93 bits per heavy atom. The Morgan fingerprint density at radius 1 is 1.15 bits per heavy atom. The van der Waals surface area contributed by atoms with E-state index in [0.29, 0.717) is 29.5 Å². The second-order valence-corrected chi connectivity index (χ2v) is 6.15. The van der Waals surface area contributed by atoms with Crippen LogP contribution in [0, 0.1) is 12.7 Å². The van der Waals surface area contributed by atoms with Crippen LogP contribution >= 0.6 is 11.6 Å². The Kier molecular flexibility index (Phi) is 7.43. The standard InChI is InChI=1S/C19H20ClFN2O4/c1-12-10-13(20)5-8-17(12)27-9-3-4-18(24)22-23-19(25)15-7-6-14(26-2)11-16(15)21/h5-8,10-11H,3-4,9H2,1-2H3,(H,22,24)(H,23,25). The highest BCUT2D eigenvalue weighted by molar-refractivity contribution is 6.30. The van der Waals surface area contributed by atoms with Crippen LogP contribution in [0.4, 0.5) is 4.39 Å². The number of rotatable bonds is 7. The van der Waals surface area contributed by atoms with Gasteiger partial charge in [-0.15, -0.1) is 0 Å². The van der Waals surface area contributed by atoms with Gasteiger partial charge in [0.15, 0.2) is 0 Å². The summed E-state index contributed by atoms with van der Waals surface area (Å²) >= 11 is 5.88. The lowest BCUT2D eigenvalue weighted by Gasteiger charge is -2.10. The molecule has 0 bridgehead atoms. The first-order valence-electron chi connectivity index (χ1n) is 8.22. The highest BCUT2D eigenvalue weighted by Gasteiger charge is 2.13. The van der Waals surface area contributed by atoms with Gasteiger partial charge in [-0.05, 0) is 49.2 Å². The van der Waals surface area contributed by atoms with Crippen LogP contribution in [0.1, 0.15) is 28.8 Å². The van der Waals surface area contributed by atoms with E-state index < -0.39 is 17.6 Å². The quantitative estimate of drug-likeness (QED) is 0.557. The summed E-state index contributed by atoms with van der Waals surface area (Å²) in [6.45, 7) is 2.21. The summed E-state index contributed by atoms with van der Waals surface area (Å²) in [6, 6.07) is 9.10. The highest BCUT2D eigenvalue weighted by Crippen LogP contribution is 2.22. The van der Waals surface area contributed by atoms with Gasteiger partial charge in [-0.25, -0.2) is 4.39 Å². The molecule has 8 heteroatoms. The molecule has 0 aliphatic heterocycles. The number of carbonyl (C=O) groups is 2. The average molecular weight is 395 g/mol. The van der Waals surface area contributed by atoms with Crippen LogP contribution in [0.15, 0.2) is 36.4 Å². The van der Waals surface area contributed by atoms with Crippen molar-refractivity contribution in [2.45, 2.75) is 19.8 Å². The maximum absolute atomic E-state index is 13.8. The Hall–Kier alpha value is -2.80. The van der Waals surface area contributed by atoms with Crippen molar-refractivity contribution < 1.29 is 23.5 Å².